The molecule has 0 saturated heterocycles. The van der Waals surface area contributed by atoms with Crippen LogP contribution in [0.4, 0.5) is 11.8 Å². The number of hydrogen-bond acceptors (Lipinski definition) is 5. The third kappa shape index (κ3) is 1.55. The van der Waals surface area contributed by atoms with Crippen molar-refractivity contribution >= 4 is 23.4 Å². The molecule has 1 aromatic heterocycles. The van der Waals surface area contributed by atoms with E-state index in [4.69, 9.17) is 27.8 Å². The van der Waals surface area contributed by atoms with Crippen molar-refractivity contribution in [3.8, 4) is 16.9 Å². The molecule has 0 bridgehead atoms. The summed E-state index contributed by atoms with van der Waals surface area (Å²) >= 11 is 5.96. The first-order chi connectivity index (χ1) is 8.15. The Balaban J connectivity index is 2.31. The number of aromatic nitrogens is 2. The highest BCUT2D eigenvalue weighted by Gasteiger charge is 2.22. The summed E-state index contributed by atoms with van der Waals surface area (Å²) in [5.41, 5.74) is 13.7. The maximum Gasteiger partial charge on any atom is 0.222 e. The van der Waals surface area contributed by atoms with Crippen LogP contribution in [-0.4, -0.2) is 9.97 Å². The summed E-state index contributed by atoms with van der Waals surface area (Å²) in [7, 11) is 0. The predicted octanol–water partition coefficient (Wildman–Crippen LogP) is 1.85. The molecule has 0 unspecified atom stereocenters. The lowest BCUT2D eigenvalue weighted by atomic mass is 10.0. The summed E-state index contributed by atoms with van der Waals surface area (Å²) in [6.07, 6.45) is 0. The quantitative estimate of drug-likeness (QED) is 0.743. The van der Waals surface area contributed by atoms with Crippen LogP contribution in [0.3, 0.4) is 0 Å². The van der Waals surface area contributed by atoms with Crippen molar-refractivity contribution < 1.29 is 4.74 Å². The zero-order valence-electron chi connectivity index (χ0n) is 8.77. The number of benzene rings is 1. The van der Waals surface area contributed by atoms with Gasteiger partial charge in [0.2, 0.25) is 5.95 Å². The Labute approximate surface area is 102 Å². The van der Waals surface area contributed by atoms with E-state index in [0.29, 0.717) is 23.1 Å². The molecule has 17 heavy (non-hydrogen) atoms. The molecule has 0 spiro atoms. The number of ether oxygens (including phenoxy) is 1. The minimum atomic E-state index is 0.148. The highest BCUT2D eigenvalue weighted by Crippen LogP contribution is 2.40. The second-order valence-electron chi connectivity index (χ2n) is 3.72. The van der Waals surface area contributed by atoms with Crippen LogP contribution < -0.4 is 16.2 Å². The molecular formula is C11H9ClN4O. The fourth-order valence-electron chi connectivity index (χ4n) is 1.91. The van der Waals surface area contributed by atoms with E-state index >= 15 is 0 Å². The van der Waals surface area contributed by atoms with Crippen molar-refractivity contribution in [1.29, 1.82) is 0 Å². The van der Waals surface area contributed by atoms with Crippen LogP contribution in [0.5, 0.6) is 5.75 Å². The summed E-state index contributed by atoms with van der Waals surface area (Å²) in [4.78, 5) is 8.08. The molecule has 0 atom stereocenters. The van der Waals surface area contributed by atoms with Gasteiger partial charge in [-0.3, -0.25) is 0 Å². The first kappa shape index (κ1) is 10.2. The Morgan fingerprint density at radius 3 is 2.88 bits per heavy atom. The van der Waals surface area contributed by atoms with Crippen molar-refractivity contribution in [2.45, 2.75) is 6.61 Å². The molecule has 0 radical (unpaired) electrons. The zero-order valence-corrected chi connectivity index (χ0v) is 9.53. The number of nitrogens with zero attached hydrogens (tertiary/aromatic N) is 2. The second kappa shape index (κ2) is 3.49. The first-order valence-electron chi connectivity index (χ1n) is 5.00. The van der Waals surface area contributed by atoms with Gasteiger partial charge in [0.1, 0.15) is 18.2 Å². The van der Waals surface area contributed by atoms with Crippen molar-refractivity contribution in [3.05, 3.63) is 28.9 Å². The van der Waals surface area contributed by atoms with E-state index in [1.165, 1.54) is 0 Å². The second-order valence-corrected chi connectivity index (χ2v) is 4.15. The Kier molecular flexibility index (Phi) is 2.09. The van der Waals surface area contributed by atoms with Gasteiger partial charge in [-0.1, -0.05) is 11.6 Å². The Bertz CT molecular complexity index is 615. The Morgan fingerprint density at radius 1 is 1.24 bits per heavy atom. The van der Waals surface area contributed by atoms with Gasteiger partial charge in [-0.25, -0.2) is 4.98 Å². The van der Waals surface area contributed by atoms with Gasteiger partial charge in [0.25, 0.3) is 0 Å². The van der Waals surface area contributed by atoms with Crippen molar-refractivity contribution in [3.63, 3.8) is 0 Å². The molecule has 1 aromatic carbocycles. The molecule has 0 aliphatic carbocycles. The Hall–Kier alpha value is -2.01. The summed E-state index contributed by atoms with van der Waals surface area (Å²) in [6, 6.07) is 5.35. The fourth-order valence-corrected chi connectivity index (χ4v) is 2.09. The van der Waals surface area contributed by atoms with E-state index in [1.54, 1.807) is 18.2 Å². The zero-order chi connectivity index (χ0) is 12.0. The largest absolute Gasteiger partial charge is 0.487 e. The molecule has 2 heterocycles. The SMILES string of the molecule is Nc1nc(N)c2c(n1)COc1ccc(Cl)cc1-2. The molecule has 5 nitrogen and oxygen atoms in total. The van der Waals surface area contributed by atoms with Crippen molar-refractivity contribution in [1.82, 2.24) is 9.97 Å². The maximum absolute atomic E-state index is 5.96. The van der Waals surface area contributed by atoms with Crippen molar-refractivity contribution in [2.24, 2.45) is 0 Å². The Morgan fingerprint density at radius 2 is 2.06 bits per heavy atom. The topological polar surface area (TPSA) is 87.0 Å². The average molecular weight is 249 g/mol. The highest BCUT2D eigenvalue weighted by molar-refractivity contribution is 6.31. The van der Waals surface area contributed by atoms with Gasteiger partial charge in [0, 0.05) is 10.6 Å². The smallest absolute Gasteiger partial charge is 0.222 e. The van der Waals surface area contributed by atoms with E-state index < -0.39 is 0 Å². The summed E-state index contributed by atoms with van der Waals surface area (Å²) in [5.74, 6) is 1.22. The number of halogens is 1. The normalized spacial score (nSPS) is 12.5. The molecule has 0 saturated carbocycles. The average Bonchev–Trinajstić information content (AvgIpc) is 2.27. The molecule has 2 aromatic rings. The van der Waals surface area contributed by atoms with Crippen LogP contribution in [-0.2, 0) is 6.61 Å². The molecule has 3 rings (SSSR count). The minimum Gasteiger partial charge on any atom is -0.487 e. The number of anilines is 2. The standard InChI is InChI=1S/C11H9ClN4O/c12-5-1-2-8-6(3-5)9-7(4-17-8)15-11(14)16-10(9)13/h1-3H,4H2,(H4,13,14,15,16). The van der Waals surface area contributed by atoms with Crippen molar-refractivity contribution in [2.75, 3.05) is 11.5 Å². The van der Waals surface area contributed by atoms with Crippen LogP contribution in [0.25, 0.3) is 11.1 Å². The van der Waals surface area contributed by atoms with Gasteiger partial charge in [-0.15, -0.1) is 0 Å². The molecule has 0 amide bonds. The maximum atomic E-state index is 5.96. The number of nitrogen functional groups attached to an aromatic ring is 2. The van der Waals surface area contributed by atoms with Crippen LogP contribution in [0.2, 0.25) is 5.02 Å². The van der Waals surface area contributed by atoms with Gasteiger partial charge in [0.05, 0.1) is 11.3 Å². The molecule has 86 valence electrons. The minimum absolute atomic E-state index is 0.148. The van der Waals surface area contributed by atoms with E-state index in [0.717, 1.165) is 16.9 Å². The number of rotatable bonds is 0. The van der Waals surface area contributed by atoms with Gasteiger partial charge in [-0.2, -0.15) is 4.98 Å². The molecule has 6 heteroatoms. The van der Waals surface area contributed by atoms with E-state index in [-0.39, 0.29) is 5.95 Å². The third-order valence-electron chi connectivity index (χ3n) is 2.60. The molecular weight excluding hydrogens is 240 g/mol. The monoisotopic (exact) mass is 248 g/mol. The molecule has 0 fully saturated rings. The first-order valence-corrected chi connectivity index (χ1v) is 5.37. The van der Waals surface area contributed by atoms with E-state index in [2.05, 4.69) is 9.97 Å². The van der Waals surface area contributed by atoms with Crippen LogP contribution in [0.15, 0.2) is 18.2 Å². The summed E-state index contributed by atoms with van der Waals surface area (Å²) < 4.78 is 5.55. The predicted molar refractivity (Wildman–Crippen MR) is 65.6 cm³/mol. The van der Waals surface area contributed by atoms with Crippen LogP contribution >= 0.6 is 11.6 Å². The molecule has 1 aliphatic rings. The van der Waals surface area contributed by atoms with E-state index in [9.17, 15) is 0 Å². The van der Waals surface area contributed by atoms with Gasteiger partial charge in [0.15, 0.2) is 0 Å². The van der Waals surface area contributed by atoms with Crippen LogP contribution in [0.1, 0.15) is 5.69 Å². The fraction of sp³-hybridized carbons (Fsp3) is 0.0909. The van der Waals surface area contributed by atoms with Gasteiger partial charge >= 0.3 is 0 Å². The molecule has 4 N–H and O–H groups in total. The number of fused-ring (bicyclic) bond motifs is 3. The summed E-state index contributed by atoms with van der Waals surface area (Å²) in [5, 5.41) is 0.608. The van der Waals surface area contributed by atoms with Gasteiger partial charge in [-0.05, 0) is 18.2 Å². The number of nitrogens with two attached hydrogens (primary N) is 2. The lowest BCUT2D eigenvalue weighted by Crippen LogP contribution is -2.13. The lowest BCUT2D eigenvalue weighted by molar-refractivity contribution is 0.297. The number of hydrogen-bond donors (Lipinski definition) is 2. The highest BCUT2D eigenvalue weighted by atomic mass is 35.5. The van der Waals surface area contributed by atoms with Gasteiger partial charge < -0.3 is 16.2 Å². The molecule has 1 aliphatic heterocycles. The van der Waals surface area contributed by atoms with Crippen LogP contribution in [0, 0.1) is 0 Å². The summed E-state index contributed by atoms with van der Waals surface area (Å²) in [6.45, 7) is 0.334. The third-order valence-corrected chi connectivity index (χ3v) is 2.84. The lowest BCUT2D eigenvalue weighted by Gasteiger charge is -2.21. The van der Waals surface area contributed by atoms with E-state index in [1.807, 2.05) is 0 Å².